The average Bonchev–Trinajstić information content (AvgIpc) is 2.82. The zero-order valence-corrected chi connectivity index (χ0v) is 10.7. The van der Waals surface area contributed by atoms with Gasteiger partial charge in [0.1, 0.15) is 10.8 Å². The van der Waals surface area contributed by atoms with Crippen molar-refractivity contribution in [2.45, 2.75) is 0 Å². The first kappa shape index (κ1) is 11.0. The van der Waals surface area contributed by atoms with E-state index in [1.165, 1.54) is 0 Å². The lowest BCUT2D eigenvalue weighted by molar-refractivity contribution is 0.477. The Morgan fingerprint density at radius 3 is 2.78 bits per heavy atom. The fourth-order valence-corrected chi connectivity index (χ4v) is 2.84. The first-order chi connectivity index (χ1) is 8.78. The molecule has 0 fully saturated rings. The number of thiazole rings is 1. The topological polar surface area (TPSA) is 45.1 Å². The normalized spacial score (nSPS) is 10.7. The smallest absolute Gasteiger partial charge is 0.128 e. The highest BCUT2D eigenvalue weighted by atomic mass is 32.1. The average molecular weight is 256 g/mol. The summed E-state index contributed by atoms with van der Waals surface area (Å²) in [6, 6.07) is 13.4. The SMILES string of the molecule is CNc1ccc(O)c(-c2nc3ccccc3s2)c1. The van der Waals surface area contributed by atoms with Crippen LogP contribution in [0.25, 0.3) is 20.8 Å². The second kappa shape index (κ2) is 4.31. The van der Waals surface area contributed by atoms with E-state index in [1.807, 2.05) is 43.4 Å². The molecule has 0 amide bonds. The number of aromatic hydroxyl groups is 1. The third kappa shape index (κ3) is 1.80. The van der Waals surface area contributed by atoms with E-state index < -0.39 is 0 Å². The summed E-state index contributed by atoms with van der Waals surface area (Å²) in [6.07, 6.45) is 0. The molecule has 90 valence electrons. The summed E-state index contributed by atoms with van der Waals surface area (Å²) in [5.74, 6) is 0.257. The number of hydrogen-bond acceptors (Lipinski definition) is 4. The minimum Gasteiger partial charge on any atom is -0.507 e. The molecule has 0 aliphatic heterocycles. The second-order valence-corrected chi connectivity index (χ2v) is 5.00. The molecular weight excluding hydrogens is 244 g/mol. The van der Waals surface area contributed by atoms with Crippen molar-refractivity contribution in [2.24, 2.45) is 0 Å². The monoisotopic (exact) mass is 256 g/mol. The number of phenols is 1. The summed E-state index contributed by atoms with van der Waals surface area (Å²) in [5.41, 5.74) is 2.69. The molecule has 2 N–H and O–H groups in total. The van der Waals surface area contributed by atoms with Crippen LogP contribution >= 0.6 is 11.3 Å². The lowest BCUT2D eigenvalue weighted by atomic mass is 10.2. The van der Waals surface area contributed by atoms with Crippen molar-refractivity contribution in [3.63, 3.8) is 0 Å². The number of anilines is 1. The number of hydrogen-bond donors (Lipinski definition) is 2. The molecule has 3 nitrogen and oxygen atoms in total. The van der Waals surface area contributed by atoms with Crippen LogP contribution in [0.3, 0.4) is 0 Å². The highest BCUT2D eigenvalue weighted by Gasteiger charge is 2.10. The van der Waals surface area contributed by atoms with E-state index in [0.29, 0.717) is 0 Å². The Hall–Kier alpha value is -2.07. The van der Waals surface area contributed by atoms with Gasteiger partial charge < -0.3 is 10.4 Å². The van der Waals surface area contributed by atoms with E-state index in [4.69, 9.17) is 0 Å². The zero-order chi connectivity index (χ0) is 12.5. The maximum absolute atomic E-state index is 9.95. The maximum atomic E-state index is 9.95. The Labute approximate surface area is 109 Å². The van der Waals surface area contributed by atoms with Gasteiger partial charge in [0.2, 0.25) is 0 Å². The van der Waals surface area contributed by atoms with Crippen molar-refractivity contribution < 1.29 is 5.11 Å². The maximum Gasteiger partial charge on any atom is 0.128 e. The number of benzene rings is 2. The summed E-state index contributed by atoms with van der Waals surface area (Å²) >= 11 is 1.58. The lowest BCUT2D eigenvalue weighted by Gasteiger charge is -2.04. The first-order valence-corrected chi connectivity index (χ1v) is 6.46. The van der Waals surface area contributed by atoms with Gasteiger partial charge in [0.15, 0.2) is 0 Å². The van der Waals surface area contributed by atoms with Crippen LogP contribution in [0.15, 0.2) is 42.5 Å². The largest absolute Gasteiger partial charge is 0.507 e. The Bertz CT molecular complexity index is 673. The van der Waals surface area contributed by atoms with E-state index >= 15 is 0 Å². The van der Waals surface area contributed by atoms with Gasteiger partial charge in [0, 0.05) is 12.7 Å². The van der Waals surface area contributed by atoms with Crippen LogP contribution in [0.1, 0.15) is 0 Å². The van der Waals surface area contributed by atoms with Crippen LogP contribution in [-0.2, 0) is 0 Å². The molecule has 18 heavy (non-hydrogen) atoms. The molecule has 3 rings (SSSR count). The molecule has 4 heteroatoms. The molecule has 0 atom stereocenters. The van der Waals surface area contributed by atoms with Gasteiger partial charge in [0.05, 0.1) is 15.8 Å². The molecule has 1 heterocycles. The van der Waals surface area contributed by atoms with Crippen molar-refractivity contribution in [1.82, 2.24) is 4.98 Å². The molecule has 0 aliphatic rings. The van der Waals surface area contributed by atoms with Crippen molar-refractivity contribution in [1.29, 1.82) is 0 Å². The third-order valence-corrected chi connectivity index (χ3v) is 3.88. The summed E-state index contributed by atoms with van der Waals surface area (Å²) in [7, 11) is 1.86. The number of para-hydroxylation sites is 1. The predicted molar refractivity (Wildman–Crippen MR) is 76.3 cm³/mol. The van der Waals surface area contributed by atoms with Crippen molar-refractivity contribution >= 4 is 27.2 Å². The van der Waals surface area contributed by atoms with Crippen molar-refractivity contribution in [3.8, 4) is 16.3 Å². The Morgan fingerprint density at radius 1 is 1.17 bits per heavy atom. The fourth-order valence-electron chi connectivity index (χ4n) is 1.85. The lowest BCUT2D eigenvalue weighted by Crippen LogP contribution is -1.88. The number of phenolic OH excluding ortho intramolecular Hbond substituents is 1. The Kier molecular flexibility index (Phi) is 2.64. The number of fused-ring (bicyclic) bond motifs is 1. The summed E-state index contributed by atoms with van der Waals surface area (Å²) in [5, 5.41) is 13.9. The van der Waals surface area contributed by atoms with Gasteiger partial charge in [-0.05, 0) is 30.3 Å². The molecule has 0 spiro atoms. The Balaban J connectivity index is 2.19. The second-order valence-electron chi connectivity index (χ2n) is 3.97. The molecular formula is C14H12N2OS. The van der Waals surface area contributed by atoms with E-state index in [0.717, 1.165) is 26.5 Å². The third-order valence-electron chi connectivity index (χ3n) is 2.81. The van der Waals surface area contributed by atoms with Gasteiger partial charge in [-0.1, -0.05) is 12.1 Å². The van der Waals surface area contributed by atoms with Crippen LogP contribution in [0, 0.1) is 0 Å². The van der Waals surface area contributed by atoms with Gasteiger partial charge in [0.25, 0.3) is 0 Å². The summed E-state index contributed by atoms with van der Waals surface area (Å²) in [4.78, 5) is 4.55. The van der Waals surface area contributed by atoms with Crippen LogP contribution < -0.4 is 5.32 Å². The highest BCUT2D eigenvalue weighted by molar-refractivity contribution is 7.21. The van der Waals surface area contributed by atoms with E-state index in [2.05, 4.69) is 10.3 Å². The fraction of sp³-hybridized carbons (Fsp3) is 0.0714. The van der Waals surface area contributed by atoms with Gasteiger partial charge >= 0.3 is 0 Å². The number of aromatic nitrogens is 1. The molecule has 0 unspecified atom stereocenters. The zero-order valence-electron chi connectivity index (χ0n) is 9.84. The summed E-state index contributed by atoms with van der Waals surface area (Å²) in [6.45, 7) is 0. The molecule has 3 aromatic rings. The van der Waals surface area contributed by atoms with Crippen molar-refractivity contribution in [3.05, 3.63) is 42.5 Å². The number of nitrogens with one attached hydrogen (secondary N) is 1. The Morgan fingerprint density at radius 2 is 2.00 bits per heavy atom. The van der Waals surface area contributed by atoms with E-state index in [1.54, 1.807) is 17.4 Å². The minimum absolute atomic E-state index is 0.257. The molecule has 0 aliphatic carbocycles. The van der Waals surface area contributed by atoms with Gasteiger partial charge in [-0.25, -0.2) is 4.98 Å². The molecule has 0 saturated heterocycles. The highest BCUT2D eigenvalue weighted by Crippen LogP contribution is 2.36. The number of nitrogens with zero attached hydrogens (tertiary/aromatic N) is 1. The van der Waals surface area contributed by atoms with Crippen LogP contribution in [0.4, 0.5) is 5.69 Å². The number of rotatable bonds is 2. The van der Waals surface area contributed by atoms with Crippen LogP contribution in [-0.4, -0.2) is 17.1 Å². The van der Waals surface area contributed by atoms with Crippen LogP contribution in [0.2, 0.25) is 0 Å². The molecule has 0 bridgehead atoms. The molecule has 0 radical (unpaired) electrons. The summed E-state index contributed by atoms with van der Waals surface area (Å²) < 4.78 is 1.13. The molecule has 2 aromatic carbocycles. The van der Waals surface area contributed by atoms with Crippen LogP contribution in [0.5, 0.6) is 5.75 Å². The minimum atomic E-state index is 0.257. The standard InChI is InChI=1S/C14H12N2OS/c1-15-9-6-7-12(17)10(8-9)14-16-11-4-2-3-5-13(11)18-14/h2-8,15,17H,1H3. The predicted octanol–water partition coefficient (Wildman–Crippen LogP) is 3.71. The van der Waals surface area contributed by atoms with Gasteiger partial charge in [-0.15, -0.1) is 11.3 Å². The quantitative estimate of drug-likeness (QED) is 0.687. The van der Waals surface area contributed by atoms with E-state index in [-0.39, 0.29) is 5.75 Å². The van der Waals surface area contributed by atoms with Gasteiger partial charge in [-0.3, -0.25) is 0 Å². The van der Waals surface area contributed by atoms with E-state index in [9.17, 15) is 5.11 Å². The molecule has 1 aromatic heterocycles. The first-order valence-electron chi connectivity index (χ1n) is 5.64. The molecule has 0 saturated carbocycles. The van der Waals surface area contributed by atoms with Gasteiger partial charge in [-0.2, -0.15) is 0 Å². The van der Waals surface area contributed by atoms with Crippen molar-refractivity contribution in [2.75, 3.05) is 12.4 Å².